The van der Waals surface area contributed by atoms with Crippen molar-refractivity contribution in [3.8, 4) is 0 Å². The van der Waals surface area contributed by atoms with Crippen molar-refractivity contribution in [1.82, 2.24) is 4.31 Å². The molecule has 10 heteroatoms. The first-order valence-electron chi connectivity index (χ1n) is 10.1. The van der Waals surface area contributed by atoms with Gasteiger partial charge in [0.15, 0.2) is 0 Å². The van der Waals surface area contributed by atoms with Gasteiger partial charge in [-0.25, -0.2) is 16.8 Å². The van der Waals surface area contributed by atoms with Crippen LogP contribution in [-0.4, -0.2) is 52.9 Å². The fourth-order valence-electron chi connectivity index (χ4n) is 3.47. The summed E-state index contributed by atoms with van der Waals surface area (Å²) in [6.07, 6.45) is 4.81. The molecule has 2 aromatic carbocycles. The Bertz CT molecular complexity index is 1090. The van der Waals surface area contributed by atoms with Gasteiger partial charge >= 0.3 is 0 Å². The number of amides is 1. The Morgan fingerprint density at radius 1 is 0.903 bits per heavy atom. The minimum Gasteiger partial charge on any atom is -0.325 e. The molecule has 0 unspecified atom stereocenters. The normalized spacial score (nSPS) is 15.8. The summed E-state index contributed by atoms with van der Waals surface area (Å²) in [4.78, 5) is 12.6. The molecular weight excluding hydrogens is 438 g/mol. The highest BCUT2D eigenvalue weighted by Gasteiger charge is 2.25. The molecular formula is C21H27N3O5S2. The molecule has 0 aromatic heterocycles. The molecule has 1 saturated heterocycles. The number of nitrogens with zero attached hydrogens (tertiary/aromatic N) is 2. The van der Waals surface area contributed by atoms with E-state index in [0.29, 0.717) is 24.5 Å². The molecule has 2 aromatic rings. The lowest BCUT2D eigenvalue weighted by molar-refractivity contribution is -0.114. The number of benzene rings is 2. The summed E-state index contributed by atoms with van der Waals surface area (Å²) in [5.74, 6) is -0.530. The lowest BCUT2D eigenvalue weighted by Gasteiger charge is -2.22. The van der Waals surface area contributed by atoms with Crippen LogP contribution in [0.2, 0.25) is 0 Å². The van der Waals surface area contributed by atoms with Gasteiger partial charge in [-0.2, -0.15) is 4.31 Å². The number of carbonyl (C=O) groups excluding carboxylic acids is 1. The molecule has 1 amide bonds. The zero-order chi connectivity index (χ0) is 22.5. The van der Waals surface area contributed by atoms with Gasteiger partial charge < -0.3 is 5.32 Å². The van der Waals surface area contributed by atoms with Crippen molar-refractivity contribution in [2.24, 2.45) is 0 Å². The van der Waals surface area contributed by atoms with E-state index in [9.17, 15) is 21.6 Å². The van der Waals surface area contributed by atoms with Gasteiger partial charge in [-0.05, 0) is 49.2 Å². The number of anilines is 2. The van der Waals surface area contributed by atoms with E-state index in [1.165, 1.54) is 28.6 Å². The van der Waals surface area contributed by atoms with Crippen molar-refractivity contribution in [3.05, 3.63) is 54.6 Å². The number of hydrogen-bond donors (Lipinski definition) is 1. The highest BCUT2D eigenvalue weighted by Crippen LogP contribution is 2.22. The summed E-state index contributed by atoms with van der Waals surface area (Å²) >= 11 is 0. The zero-order valence-electron chi connectivity index (χ0n) is 17.4. The van der Waals surface area contributed by atoms with Crippen molar-refractivity contribution < 1.29 is 21.6 Å². The van der Waals surface area contributed by atoms with Gasteiger partial charge in [0.2, 0.25) is 26.0 Å². The third-order valence-electron chi connectivity index (χ3n) is 5.07. The Hall–Kier alpha value is -2.43. The number of rotatable bonds is 7. The van der Waals surface area contributed by atoms with E-state index >= 15 is 0 Å². The Balaban J connectivity index is 1.69. The van der Waals surface area contributed by atoms with Gasteiger partial charge in [0.25, 0.3) is 0 Å². The SMILES string of the molecule is CS(=O)(=O)N(CC(=O)Nc1ccc(S(=O)(=O)N2CCCCCC2)cc1)c1ccccc1. The fraction of sp³-hybridized carbons (Fsp3) is 0.381. The van der Waals surface area contributed by atoms with Gasteiger partial charge in [0.05, 0.1) is 16.8 Å². The van der Waals surface area contributed by atoms with Gasteiger partial charge in [-0.1, -0.05) is 31.0 Å². The van der Waals surface area contributed by atoms with Crippen LogP contribution < -0.4 is 9.62 Å². The molecule has 0 bridgehead atoms. The van der Waals surface area contributed by atoms with Crippen LogP contribution in [0, 0.1) is 0 Å². The molecule has 1 aliphatic heterocycles. The van der Waals surface area contributed by atoms with Crippen LogP contribution in [0.5, 0.6) is 0 Å². The average Bonchev–Trinajstić information content (AvgIpc) is 3.02. The molecule has 1 N–H and O–H groups in total. The summed E-state index contributed by atoms with van der Waals surface area (Å²) < 4.78 is 52.5. The molecule has 0 aliphatic carbocycles. The number of carbonyl (C=O) groups is 1. The molecule has 0 radical (unpaired) electrons. The predicted octanol–water partition coefficient (Wildman–Crippen LogP) is 2.66. The van der Waals surface area contributed by atoms with Crippen molar-refractivity contribution in [3.63, 3.8) is 0 Å². The maximum Gasteiger partial charge on any atom is 0.245 e. The monoisotopic (exact) mass is 465 g/mol. The number of sulfonamides is 2. The zero-order valence-corrected chi connectivity index (χ0v) is 19.0. The molecule has 3 rings (SSSR count). The first-order valence-corrected chi connectivity index (χ1v) is 13.4. The Morgan fingerprint density at radius 2 is 1.48 bits per heavy atom. The van der Waals surface area contributed by atoms with Crippen LogP contribution in [0.15, 0.2) is 59.5 Å². The van der Waals surface area contributed by atoms with Crippen molar-refractivity contribution >= 4 is 37.3 Å². The maximum absolute atomic E-state index is 12.9. The molecule has 8 nitrogen and oxygen atoms in total. The van der Waals surface area contributed by atoms with E-state index in [-0.39, 0.29) is 4.90 Å². The summed E-state index contributed by atoms with van der Waals surface area (Å²) in [7, 11) is -7.23. The topological polar surface area (TPSA) is 104 Å². The quantitative estimate of drug-likeness (QED) is 0.677. The van der Waals surface area contributed by atoms with Crippen LogP contribution in [0.25, 0.3) is 0 Å². The van der Waals surface area contributed by atoms with Crippen LogP contribution in [0.4, 0.5) is 11.4 Å². The van der Waals surface area contributed by atoms with E-state index in [2.05, 4.69) is 5.32 Å². The Morgan fingerprint density at radius 3 is 2.03 bits per heavy atom. The lowest BCUT2D eigenvalue weighted by Crippen LogP contribution is -2.37. The van der Waals surface area contributed by atoms with Gasteiger partial charge in [0, 0.05) is 18.8 Å². The molecule has 31 heavy (non-hydrogen) atoms. The van der Waals surface area contributed by atoms with Gasteiger partial charge in [0.1, 0.15) is 6.54 Å². The summed E-state index contributed by atoms with van der Waals surface area (Å²) in [6, 6.07) is 14.3. The smallest absolute Gasteiger partial charge is 0.245 e. The van der Waals surface area contributed by atoms with Crippen molar-refractivity contribution in [1.29, 1.82) is 0 Å². The highest BCUT2D eigenvalue weighted by atomic mass is 32.2. The molecule has 1 fully saturated rings. The molecule has 1 aliphatic rings. The van der Waals surface area contributed by atoms with E-state index in [1.54, 1.807) is 30.3 Å². The Kier molecular flexibility index (Phi) is 7.34. The van der Waals surface area contributed by atoms with E-state index in [0.717, 1.165) is 36.2 Å². The first-order chi connectivity index (χ1) is 14.7. The van der Waals surface area contributed by atoms with E-state index < -0.39 is 32.5 Å². The van der Waals surface area contributed by atoms with Crippen LogP contribution in [0.3, 0.4) is 0 Å². The summed E-state index contributed by atoms with van der Waals surface area (Å²) in [5.41, 5.74) is 0.778. The highest BCUT2D eigenvalue weighted by molar-refractivity contribution is 7.92. The number of hydrogen-bond acceptors (Lipinski definition) is 5. The van der Waals surface area contributed by atoms with Crippen molar-refractivity contribution in [2.45, 2.75) is 30.6 Å². The van der Waals surface area contributed by atoms with Crippen molar-refractivity contribution in [2.75, 3.05) is 35.5 Å². The standard InChI is InChI=1S/C21H27N3O5S2/c1-30(26,27)24(19-9-5-4-6-10-19)17-21(25)22-18-11-13-20(14-12-18)31(28,29)23-15-7-2-3-8-16-23/h4-6,9-14H,2-3,7-8,15-17H2,1H3,(H,22,25). The molecule has 0 spiro atoms. The molecule has 0 saturated carbocycles. The first kappa shape index (κ1) is 23.2. The largest absolute Gasteiger partial charge is 0.325 e. The Labute approximate surface area is 184 Å². The second-order valence-electron chi connectivity index (χ2n) is 7.50. The third kappa shape index (κ3) is 6.05. The average molecular weight is 466 g/mol. The number of para-hydroxylation sites is 1. The molecule has 168 valence electrons. The summed E-state index contributed by atoms with van der Waals surface area (Å²) in [5, 5.41) is 2.63. The van der Waals surface area contributed by atoms with E-state index in [1.807, 2.05) is 0 Å². The lowest BCUT2D eigenvalue weighted by atomic mass is 10.2. The number of nitrogens with one attached hydrogen (secondary N) is 1. The van der Waals surface area contributed by atoms with Crippen LogP contribution in [-0.2, 0) is 24.8 Å². The minimum atomic E-state index is -3.66. The van der Waals surface area contributed by atoms with Crippen LogP contribution >= 0.6 is 0 Å². The maximum atomic E-state index is 12.9. The molecule has 0 atom stereocenters. The van der Waals surface area contributed by atoms with E-state index in [4.69, 9.17) is 0 Å². The summed E-state index contributed by atoms with van der Waals surface area (Å²) in [6.45, 7) is 0.639. The minimum absolute atomic E-state index is 0.175. The van der Waals surface area contributed by atoms with Gasteiger partial charge in [-0.15, -0.1) is 0 Å². The second-order valence-corrected chi connectivity index (χ2v) is 11.3. The predicted molar refractivity (Wildman–Crippen MR) is 121 cm³/mol. The molecule has 1 heterocycles. The second kappa shape index (κ2) is 9.80. The van der Waals surface area contributed by atoms with Crippen LogP contribution in [0.1, 0.15) is 25.7 Å². The third-order valence-corrected chi connectivity index (χ3v) is 8.13. The fourth-order valence-corrected chi connectivity index (χ4v) is 5.84. The van der Waals surface area contributed by atoms with Gasteiger partial charge in [-0.3, -0.25) is 9.10 Å².